The molecule has 3 rings (SSSR count). The monoisotopic (exact) mass is 454 g/mol. The van der Waals surface area contributed by atoms with Crippen molar-refractivity contribution in [3.05, 3.63) is 81.2 Å². The summed E-state index contributed by atoms with van der Waals surface area (Å²) >= 11 is 1.18. The fourth-order valence-corrected chi connectivity index (χ4v) is 3.71. The predicted octanol–water partition coefficient (Wildman–Crippen LogP) is 4.30. The molecule has 0 saturated heterocycles. The van der Waals surface area contributed by atoms with Gasteiger partial charge in [0.2, 0.25) is 0 Å². The van der Waals surface area contributed by atoms with E-state index >= 15 is 0 Å². The third-order valence-corrected chi connectivity index (χ3v) is 5.34. The Morgan fingerprint density at radius 1 is 1.00 bits per heavy atom. The van der Waals surface area contributed by atoms with Crippen molar-refractivity contribution in [1.29, 1.82) is 0 Å². The quantitative estimate of drug-likeness (QED) is 0.306. The maximum Gasteiger partial charge on any atom is 0.350 e. The summed E-state index contributed by atoms with van der Waals surface area (Å²) in [6, 6.07) is 15.8. The standard InChI is InChI=1S/C22H18N2O7S/c1-2-30-22(27)20-17(12-18(32-20)14-6-4-3-5-7-14)23-19(25)13-31-21(26)15-8-10-16(11-9-15)24(28)29/h3-12H,2,13H2,1H3,(H,23,25). The van der Waals surface area contributed by atoms with Crippen molar-refractivity contribution < 1.29 is 28.8 Å². The molecule has 0 bridgehead atoms. The normalized spacial score (nSPS) is 10.3. The molecule has 32 heavy (non-hydrogen) atoms. The third-order valence-electron chi connectivity index (χ3n) is 4.17. The number of anilines is 1. The lowest BCUT2D eigenvalue weighted by molar-refractivity contribution is -0.384. The maximum atomic E-state index is 12.3. The highest BCUT2D eigenvalue weighted by atomic mass is 32.1. The van der Waals surface area contributed by atoms with Crippen molar-refractivity contribution in [1.82, 2.24) is 0 Å². The molecule has 0 aliphatic heterocycles. The summed E-state index contributed by atoms with van der Waals surface area (Å²) in [5.41, 5.74) is 1.02. The van der Waals surface area contributed by atoms with Gasteiger partial charge in [0.15, 0.2) is 6.61 Å². The van der Waals surface area contributed by atoms with E-state index in [0.29, 0.717) is 0 Å². The number of hydrogen-bond donors (Lipinski definition) is 1. The lowest BCUT2D eigenvalue weighted by atomic mass is 10.2. The second-order valence-electron chi connectivity index (χ2n) is 6.37. The zero-order valence-corrected chi connectivity index (χ0v) is 17.7. The van der Waals surface area contributed by atoms with Crippen LogP contribution in [0, 0.1) is 10.1 Å². The fraction of sp³-hybridized carbons (Fsp3) is 0.136. The summed E-state index contributed by atoms with van der Waals surface area (Å²) in [7, 11) is 0. The van der Waals surface area contributed by atoms with E-state index in [9.17, 15) is 24.5 Å². The Morgan fingerprint density at radius 3 is 2.31 bits per heavy atom. The van der Waals surface area contributed by atoms with Gasteiger partial charge < -0.3 is 14.8 Å². The van der Waals surface area contributed by atoms with Crippen LogP contribution in [0.2, 0.25) is 0 Å². The van der Waals surface area contributed by atoms with Gasteiger partial charge in [0.25, 0.3) is 11.6 Å². The molecule has 1 heterocycles. The number of rotatable bonds is 8. The van der Waals surface area contributed by atoms with Crippen LogP contribution in [0.25, 0.3) is 10.4 Å². The molecule has 0 saturated carbocycles. The maximum absolute atomic E-state index is 12.3. The summed E-state index contributed by atoms with van der Waals surface area (Å²) < 4.78 is 10.0. The number of amides is 1. The van der Waals surface area contributed by atoms with Gasteiger partial charge in [-0.1, -0.05) is 30.3 Å². The summed E-state index contributed by atoms with van der Waals surface area (Å²) in [5.74, 6) is -2.03. The zero-order chi connectivity index (χ0) is 23.1. The molecule has 1 N–H and O–H groups in total. The number of esters is 2. The Hall–Kier alpha value is -4.05. The number of nitro benzene ring substituents is 1. The van der Waals surface area contributed by atoms with Crippen LogP contribution in [0.5, 0.6) is 0 Å². The van der Waals surface area contributed by atoms with Crippen molar-refractivity contribution >= 4 is 40.6 Å². The Balaban J connectivity index is 1.69. The van der Waals surface area contributed by atoms with Gasteiger partial charge >= 0.3 is 11.9 Å². The number of carbonyl (C=O) groups excluding carboxylic acids is 3. The van der Waals surface area contributed by atoms with Crippen LogP contribution in [-0.2, 0) is 14.3 Å². The van der Waals surface area contributed by atoms with Gasteiger partial charge in [-0.05, 0) is 30.7 Å². The van der Waals surface area contributed by atoms with Crippen molar-refractivity contribution in [2.24, 2.45) is 0 Å². The molecule has 0 spiro atoms. The Morgan fingerprint density at radius 2 is 1.69 bits per heavy atom. The van der Waals surface area contributed by atoms with E-state index in [-0.39, 0.29) is 28.4 Å². The topological polar surface area (TPSA) is 125 Å². The minimum absolute atomic E-state index is 0.0671. The number of ether oxygens (including phenoxy) is 2. The van der Waals surface area contributed by atoms with E-state index < -0.39 is 29.4 Å². The van der Waals surface area contributed by atoms with Crippen LogP contribution in [0.1, 0.15) is 27.0 Å². The molecule has 0 fully saturated rings. The molecule has 3 aromatic rings. The first-order chi connectivity index (χ1) is 15.4. The van der Waals surface area contributed by atoms with Crippen LogP contribution in [0.15, 0.2) is 60.7 Å². The second kappa shape index (κ2) is 10.3. The van der Waals surface area contributed by atoms with Gasteiger partial charge in [-0.25, -0.2) is 9.59 Å². The highest BCUT2D eigenvalue weighted by Crippen LogP contribution is 2.35. The molecular weight excluding hydrogens is 436 g/mol. The van der Waals surface area contributed by atoms with E-state index in [0.717, 1.165) is 10.4 Å². The van der Waals surface area contributed by atoms with Crippen LogP contribution in [0.4, 0.5) is 11.4 Å². The van der Waals surface area contributed by atoms with E-state index in [1.54, 1.807) is 13.0 Å². The van der Waals surface area contributed by atoms with E-state index in [1.165, 1.54) is 35.6 Å². The largest absolute Gasteiger partial charge is 0.462 e. The van der Waals surface area contributed by atoms with Gasteiger partial charge in [-0.2, -0.15) is 0 Å². The minimum atomic E-state index is -0.809. The molecule has 0 aliphatic rings. The third kappa shape index (κ3) is 5.55. The number of nitro groups is 1. The Bertz CT molecular complexity index is 1140. The molecule has 0 aliphatic carbocycles. The van der Waals surface area contributed by atoms with Crippen molar-refractivity contribution in [2.75, 3.05) is 18.5 Å². The summed E-state index contributed by atoms with van der Waals surface area (Å²) in [6.45, 7) is 1.26. The molecular formula is C22H18N2O7S. The molecule has 1 aromatic heterocycles. The van der Waals surface area contributed by atoms with Gasteiger partial charge in [0, 0.05) is 17.0 Å². The summed E-state index contributed by atoms with van der Waals surface area (Å²) in [4.78, 5) is 47.8. The Labute approximate surface area is 186 Å². The van der Waals surface area contributed by atoms with Crippen LogP contribution in [-0.4, -0.2) is 36.0 Å². The zero-order valence-electron chi connectivity index (χ0n) is 16.9. The average Bonchev–Trinajstić information content (AvgIpc) is 3.22. The molecule has 164 valence electrons. The first kappa shape index (κ1) is 22.6. The van der Waals surface area contributed by atoms with E-state index in [2.05, 4.69) is 5.32 Å². The highest BCUT2D eigenvalue weighted by Gasteiger charge is 2.21. The molecule has 1 amide bonds. The van der Waals surface area contributed by atoms with Crippen LogP contribution >= 0.6 is 11.3 Å². The number of benzene rings is 2. The number of nitrogens with zero attached hydrogens (tertiary/aromatic N) is 1. The molecule has 2 aromatic carbocycles. The van der Waals surface area contributed by atoms with Gasteiger partial charge in [-0.15, -0.1) is 11.3 Å². The fourth-order valence-electron chi connectivity index (χ4n) is 2.70. The van der Waals surface area contributed by atoms with Gasteiger partial charge in [0.05, 0.1) is 22.8 Å². The van der Waals surface area contributed by atoms with Gasteiger partial charge in [0.1, 0.15) is 4.88 Å². The van der Waals surface area contributed by atoms with E-state index in [1.807, 2.05) is 30.3 Å². The number of nitrogens with one attached hydrogen (secondary N) is 1. The van der Waals surface area contributed by atoms with Crippen molar-refractivity contribution in [3.63, 3.8) is 0 Å². The Kier molecular flexibility index (Phi) is 7.29. The highest BCUT2D eigenvalue weighted by molar-refractivity contribution is 7.18. The van der Waals surface area contributed by atoms with E-state index in [4.69, 9.17) is 9.47 Å². The summed E-state index contributed by atoms with van der Waals surface area (Å²) in [6.07, 6.45) is 0. The van der Waals surface area contributed by atoms with Crippen molar-refractivity contribution in [2.45, 2.75) is 6.92 Å². The number of hydrogen-bond acceptors (Lipinski definition) is 8. The number of non-ortho nitro benzene ring substituents is 1. The molecule has 10 heteroatoms. The van der Waals surface area contributed by atoms with Gasteiger partial charge in [-0.3, -0.25) is 14.9 Å². The molecule has 0 radical (unpaired) electrons. The number of thiophene rings is 1. The SMILES string of the molecule is CCOC(=O)c1sc(-c2ccccc2)cc1NC(=O)COC(=O)c1ccc([N+](=O)[O-])cc1. The smallest absolute Gasteiger partial charge is 0.350 e. The molecule has 0 unspecified atom stereocenters. The minimum Gasteiger partial charge on any atom is -0.462 e. The van der Waals surface area contributed by atoms with Crippen LogP contribution < -0.4 is 5.32 Å². The van der Waals surface area contributed by atoms with Crippen molar-refractivity contribution in [3.8, 4) is 10.4 Å². The summed E-state index contributed by atoms with van der Waals surface area (Å²) in [5, 5.41) is 13.3. The lowest BCUT2D eigenvalue weighted by Gasteiger charge is -2.07. The first-order valence-corrected chi connectivity index (χ1v) is 10.3. The molecule has 9 nitrogen and oxygen atoms in total. The first-order valence-electron chi connectivity index (χ1n) is 9.47. The lowest BCUT2D eigenvalue weighted by Crippen LogP contribution is -2.21. The van der Waals surface area contributed by atoms with Crippen LogP contribution in [0.3, 0.4) is 0 Å². The predicted molar refractivity (Wildman–Crippen MR) is 118 cm³/mol. The second-order valence-corrected chi connectivity index (χ2v) is 7.42. The average molecular weight is 454 g/mol. The molecule has 0 atom stereocenters. The number of carbonyl (C=O) groups is 3.